The third kappa shape index (κ3) is 6.60. The summed E-state index contributed by atoms with van der Waals surface area (Å²) in [4.78, 5) is 11.9. The molecule has 0 spiro atoms. The van der Waals surface area contributed by atoms with Gasteiger partial charge in [-0.25, -0.2) is 0 Å². The summed E-state index contributed by atoms with van der Waals surface area (Å²) in [7, 11) is 1.65. The van der Waals surface area contributed by atoms with Gasteiger partial charge in [-0.15, -0.1) is 11.8 Å². The average molecular weight is 398 g/mol. The number of ether oxygens (including phenoxy) is 1. The molecule has 1 N–H and O–H groups in total. The van der Waals surface area contributed by atoms with Crippen LogP contribution in [-0.4, -0.2) is 25.3 Å². The molecule has 0 fully saturated rings. The first-order chi connectivity index (χ1) is 11.2. The third-order valence-corrected chi connectivity index (χ3v) is 5.49. The Morgan fingerprint density at radius 1 is 1.39 bits per heavy atom. The van der Waals surface area contributed by atoms with Crippen LogP contribution in [-0.2, 0) is 10.5 Å². The van der Waals surface area contributed by atoms with Crippen molar-refractivity contribution in [3.63, 3.8) is 0 Å². The van der Waals surface area contributed by atoms with Crippen LogP contribution in [0.2, 0.25) is 0 Å². The van der Waals surface area contributed by atoms with Crippen molar-refractivity contribution in [3.05, 3.63) is 39.9 Å². The van der Waals surface area contributed by atoms with Gasteiger partial charge in [0, 0.05) is 12.3 Å². The Balaban J connectivity index is 1.62. The molecule has 0 saturated carbocycles. The largest absolute Gasteiger partial charge is 0.496 e. The maximum absolute atomic E-state index is 11.9. The van der Waals surface area contributed by atoms with Crippen molar-refractivity contribution in [2.24, 2.45) is 0 Å². The van der Waals surface area contributed by atoms with Crippen molar-refractivity contribution in [2.45, 2.75) is 37.9 Å². The van der Waals surface area contributed by atoms with Crippen LogP contribution in [0.4, 0.5) is 0 Å². The van der Waals surface area contributed by atoms with Gasteiger partial charge in [0.25, 0.3) is 0 Å². The minimum atomic E-state index is 0.124. The van der Waals surface area contributed by atoms with Crippen molar-refractivity contribution in [2.75, 3.05) is 19.4 Å². The first-order valence-electron chi connectivity index (χ1n) is 8.04. The number of allylic oxidation sites excluding steroid dienone is 1. The zero-order valence-corrected chi connectivity index (χ0v) is 16.0. The van der Waals surface area contributed by atoms with Crippen LogP contribution in [0.15, 0.2) is 34.3 Å². The third-order valence-electron chi connectivity index (χ3n) is 3.87. The van der Waals surface area contributed by atoms with Crippen molar-refractivity contribution in [1.82, 2.24) is 5.32 Å². The molecule has 1 amide bonds. The zero-order chi connectivity index (χ0) is 16.5. The smallest absolute Gasteiger partial charge is 0.230 e. The first-order valence-corrected chi connectivity index (χ1v) is 9.98. The Hall–Kier alpha value is -0.940. The van der Waals surface area contributed by atoms with Gasteiger partial charge in [-0.3, -0.25) is 4.79 Å². The topological polar surface area (TPSA) is 38.3 Å². The quantitative estimate of drug-likeness (QED) is 0.646. The highest BCUT2D eigenvalue weighted by Gasteiger charge is 2.06. The second-order valence-electron chi connectivity index (χ2n) is 5.67. The van der Waals surface area contributed by atoms with Gasteiger partial charge in [0.1, 0.15) is 5.75 Å². The monoisotopic (exact) mass is 397 g/mol. The van der Waals surface area contributed by atoms with Gasteiger partial charge >= 0.3 is 0 Å². The lowest BCUT2D eigenvalue weighted by molar-refractivity contribution is -0.118. The minimum Gasteiger partial charge on any atom is -0.496 e. The molecule has 1 aromatic rings. The Bertz CT molecular complexity index is 560. The molecule has 0 atom stereocenters. The lowest BCUT2D eigenvalue weighted by Gasteiger charge is -2.13. The van der Waals surface area contributed by atoms with Crippen LogP contribution in [0.25, 0.3) is 0 Å². The number of amides is 1. The number of thioether (sulfide) groups is 1. The number of carbonyl (C=O) groups is 1. The van der Waals surface area contributed by atoms with E-state index in [0.717, 1.165) is 28.9 Å². The van der Waals surface area contributed by atoms with Gasteiger partial charge in [0.05, 0.1) is 17.3 Å². The van der Waals surface area contributed by atoms with Crippen molar-refractivity contribution >= 4 is 33.6 Å². The summed E-state index contributed by atoms with van der Waals surface area (Å²) in [6.45, 7) is 0.763. The fraction of sp³-hybridized carbons (Fsp3) is 0.500. The maximum atomic E-state index is 11.9. The van der Waals surface area contributed by atoms with E-state index in [1.807, 2.05) is 18.2 Å². The molecule has 5 heteroatoms. The minimum absolute atomic E-state index is 0.124. The Morgan fingerprint density at radius 2 is 2.26 bits per heavy atom. The van der Waals surface area contributed by atoms with Crippen molar-refractivity contribution < 1.29 is 9.53 Å². The van der Waals surface area contributed by atoms with Crippen molar-refractivity contribution in [3.8, 4) is 5.75 Å². The van der Waals surface area contributed by atoms with Gasteiger partial charge in [-0.1, -0.05) is 17.7 Å². The highest BCUT2D eigenvalue weighted by molar-refractivity contribution is 9.10. The Labute approximate surface area is 151 Å². The molecule has 23 heavy (non-hydrogen) atoms. The summed E-state index contributed by atoms with van der Waals surface area (Å²) in [5.74, 6) is 2.27. The Kier molecular flexibility index (Phi) is 8.03. The zero-order valence-electron chi connectivity index (χ0n) is 13.6. The van der Waals surface area contributed by atoms with Gasteiger partial charge in [-0.05, 0) is 65.7 Å². The first kappa shape index (κ1) is 18.4. The number of halogens is 1. The van der Waals surface area contributed by atoms with E-state index < -0.39 is 0 Å². The molecular formula is C18H24BrNO2S. The highest BCUT2D eigenvalue weighted by Crippen LogP contribution is 2.27. The lowest BCUT2D eigenvalue weighted by Crippen LogP contribution is -2.26. The molecular weight excluding hydrogens is 374 g/mol. The van der Waals surface area contributed by atoms with E-state index in [9.17, 15) is 4.79 Å². The van der Waals surface area contributed by atoms with Gasteiger partial charge < -0.3 is 10.1 Å². The van der Waals surface area contributed by atoms with E-state index in [1.54, 1.807) is 18.9 Å². The summed E-state index contributed by atoms with van der Waals surface area (Å²) in [6.07, 6.45) is 8.36. The number of rotatable bonds is 8. The molecule has 0 radical (unpaired) electrons. The fourth-order valence-electron chi connectivity index (χ4n) is 2.61. The van der Waals surface area contributed by atoms with Gasteiger partial charge in [0.15, 0.2) is 0 Å². The molecule has 0 aliphatic heterocycles. The summed E-state index contributed by atoms with van der Waals surface area (Å²) in [6, 6.07) is 6.02. The number of carbonyl (C=O) groups excluding carboxylic acids is 1. The van der Waals surface area contributed by atoms with Gasteiger partial charge in [0.2, 0.25) is 5.91 Å². The average Bonchev–Trinajstić information content (AvgIpc) is 2.56. The molecule has 0 saturated heterocycles. The van der Waals surface area contributed by atoms with Crippen molar-refractivity contribution in [1.29, 1.82) is 0 Å². The normalized spacial score (nSPS) is 14.3. The predicted octanol–water partition coefficient (Wildman–Crippen LogP) is 4.70. The molecule has 2 rings (SSSR count). The summed E-state index contributed by atoms with van der Waals surface area (Å²) < 4.78 is 6.16. The maximum Gasteiger partial charge on any atom is 0.230 e. The molecule has 1 aliphatic carbocycles. The second kappa shape index (κ2) is 10.0. The number of methoxy groups -OCH3 is 1. The molecule has 0 aromatic heterocycles. The van der Waals surface area contributed by atoms with Crippen LogP contribution in [0.1, 0.15) is 37.7 Å². The van der Waals surface area contributed by atoms with Crippen LogP contribution in [0.5, 0.6) is 5.75 Å². The van der Waals surface area contributed by atoms with E-state index in [1.165, 1.54) is 36.8 Å². The standard InChI is InChI=1S/C18H24BrNO2S/c1-22-17-8-7-15(11-16(17)19)12-23-13-18(21)20-10-9-14-5-3-2-4-6-14/h5,7-8,11H,2-4,6,9-10,12-13H2,1H3,(H,20,21). The van der Waals surface area contributed by atoms with Gasteiger partial charge in [-0.2, -0.15) is 0 Å². The molecule has 0 bridgehead atoms. The van der Waals surface area contributed by atoms with E-state index in [0.29, 0.717) is 5.75 Å². The molecule has 0 unspecified atom stereocenters. The fourth-order valence-corrected chi connectivity index (χ4v) is 4.00. The van der Waals surface area contributed by atoms with Crippen LogP contribution < -0.4 is 10.1 Å². The molecule has 1 aromatic carbocycles. The molecule has 1 aliphatic rings. The molecule has 0 heterocycles. The summed E-state index contributed by atoms with van der Waals surface area (Å²) >= 11 is 5.12. The van der Waals surface area contributed by atoms with E-state index in [4.69, 9.17) is 4.74 Å². The highest BCUT2D eigenvalue weighted by atomic mass is 79.9. The summed E-state index contributed by atoms with van der Waals surface area (Å²) in [5.41, 5.74) is 2.69. The lowest BCUT2D eigenvalue weighted by atomic mass is 9.97. The predicted molar refractivity (Wildman–Crippen MR) is 101 cm³/mol. The Morgan fingerprint density at radius 3 is 2.96 bits per heavy atom. The SMILES string of the molecule is COc1ccc(CSCC(=O)NCCC2=CCCCC2)cc1Br. The number of hydrogen-bond donors (Lipinski definition) is 1. The summed E-state index contributed by atoms with van der Waals surface area (Å²) in [5, 5.41) is 3.02. The molecule has 126 valence electrons. The van der Waals surface area contributed by atoms with E-state index >= 15 is 0 Å². The molecule has 3 nitrogen and oxygen atoms in total. The van der Waals surface area contributed by atoms with Crippen LogP contribution in [0, 0.1) is 0 Å². The van der Waals surface area contributed by atoms with E-state index in [-0.39, 0.29) is 5.91 Å². The number of hydrogen-bond acceptors (Lipinski definition) is 3. The number of benzene rings is 1. The second-order valence-corrected chi connectivity index (χ2v) is 7.51. The van der Waals surface area contributed by atoms with E-state index in [2.05, 4.69) is 27.3 Å². The van der Waals surface area contributed by atoms with Crippen LogP contribution >= 0.6 is 27.7 Å². The number of nitrogens with one attached hydrogen (secondary N) is 1. The van der Waals surface area contributed by atoms with Crippen LogP contribution in [0.3, 0.4) is 0 Å².